The number of nitrogens with one attached hydrogen (secondary N) is 2. The molecule has 0 aliphatic heterocycles. The van der Waals surface area contributed by atoms with Crippen molar-refractivity contribution >= 4 is 17.7 Å². The molecule has 3 rings (SSSR count). The molecule has 0 spiro atoms. The van der Waals surface area contributed by atoms with E-state index in [9.17, 15) is 9.59 Å². The second kappa shape index (κ2) is 5.06. The van der Waals surface area contributed by atoms with Gasteiger partial charge in [0.15, 0.2) is 0 Å². The Hall–Kier alpha value is -2.04. The molecule has 1 aromatic carbocycles. The fourth-order valence-corrected chi connectivity index (χ4v) is 2.90. The Balaban J connectivity index is 1.59. The number of hydrogen-bond donors (Lipinski definition) is 3. The van der Waals surface area contributed by atoms with Gasteiger partial charge in [-0.05, 0) is 61.6 Å². The Labute approximate surface area is 123 Å². The number of carboxylic acids is 1. The van der Waals surface area contributed by atoms with Crippen LogP contribution >= 0.6 is 0 Å². The van der Waals surface area contributed by atoms with E-state index < -0.39 is 5.97 Å². The number of anilines is 1. The van der Waals surface area contributed by atoms with Gasteiger partial charge in [0, 0.05) is 12.2 Å². The van der Waals surface area contributed by atoms with Gasteiger partial charge in [-0.15, -0.1) is 0 Å². The lowest BCUT2D eigenvalue weighted by molar-refractivity contribution is 0.0697. The molecule has 0 heterocycles. The lowest BCUT2D eigenvalue weighted by Crippen LogP contribution is -2.34. The predicted molar refractivity (Wildman–Crippen MR) is 79.6 cm³/mol. The van der Waals surface area contributed by atoms with Crippen LogP contribution in [0.1, 0.15) is 41.6 Å². The molecular weight excluding hydrogens is 268 g/mol. The van der Waals surface area contributed by atoms with Crippen molar-refractivity contribution in [1.29, 1.82) is 0 Å². The SMILES string of the molecule is Cc1ccc(C(=O)O)cc1NC(=O)NCC1(C2CC2)CC1. The molecule has 112 valence electrons. The first kappa shape index (κ1) is 13.9. The van der Waals surface area contributed by atoms with Crippen LogP contribution in [0, 0.1) is 18.3 Å². The van der Waals surface area contributed by atoms with Crippen molar-refractivity contribution in [3.8, 4) is 0 Å². The molecule has 0 unspecified atom stereocenters. The summed E-state index contributed by atoms with van der Waals surface area (Å²) in [5.74, 6) is -0.195. The molecule has 3 N–H and O–H groups in total. The Morgan fingerprint density at radius 1 is 1.33 bits per heavy atom. The molecule has 0 radical (unpaired) electrons. The van der Waals surface area contributed by atoms with Crippen LogP contribution in [-0.4, -0.2) is 23.7 Å². The quantitative estimate of drug-likeness (QED) is 0.779. The summed E-state index contributed by atoms with van der Waals surface area (Å²) >= 11 is 0. The monoisotopic (exact) mass is 288 g/mol. The minimum absolute atomic E-state index is 0.174. The number of aryl methyl sites for hydroxylation is 1. The van der Waals surface area contributed by atoms with Crippen molar-refractivity contribution < 1.29 is 14.7 Å². The molecule has 0 saturated heterocycles. The number of amides is 2. The van der Waals surface area contributed by atoms with Crippen LogP contribution in [0.4, 0.5) is 10.5 Å². The van der Waals surface area contributed by atoms with Crippen LogP contribution in [0.15, 0.2) is 18.2 Å². The molecular formula is C16H20N2O3. The molecule has 0 atom stereocenters. The van der Waals surface area contributed by atoms with E-state index >= 15 is 0 Å². The first-order chi connectivity index (χ1) is 10.00. The van der Waals surface area contributed by atoms with E-state index in [-0.39, 0.29) is 11.6 Å². The van der Waals surface area contributed by atoms with Crippen molar-refractivity contribution in [2.75, 3.05) is 11.9 Å². The van der Waals surface area contributed by atoms with E-state index in [0.717, 1.165) is 18.0 Å². The Morgan fingerprint density at radius 2 is 2.05 bits per heavy atom. The fraction of sp³-hybridized carbons (Fsp3) is 0.500. The summed E-state index contributed by atoms with van der Waals surface area (Å²) in [6.07, 6.45) is 5.02. The molecule has 2 aliphatic rings. The number of carbonyl (C=O) groups is 2. The van der Waals surface area contributed by atoms with Crippen LogP contribution < -0.4 is 10.6 Å². The first-order valence-electron chi connectivity index (χ1n) is 7.39. The molecule has 0 aromatic heterocycles. The van der Waals surface area contributed by atoms with Crippen molar-refractivity contribution in [1.82, 2.24) is 5.32 Å². The summed E-state index contributed by atoms with van der Waals surface area (Å²) < 4.78 is 0. The lowest BCUT2D eigenvalue weighted by atomic mass is 10.0. The highest BCUT2D eigenvalue weighted by Gasteiger charge is 2.53. The van der Waals surface area contributed by atoms with Crippen molar-refractivity contribution in [2.24, 2.45) is 11.3 Å². The zero-order chi connectivity index (χ0) is 15.0. The van der Waals surface area contributed by atoms with E-state index in [0.29, 0.717) is 11.1 Å². The maximum absolute atomic E-state index is 12.0. The van der Waals surface area contributed by atoms with E-state index in [1.807, 2.05) is 6.92 Å². The van der Waals surface area contributed by atoms with Gasteiger partial charge in [-0.1, -0.05) is 6.07 Å². The van der Waals surface area contributed by atoms with Crippen LogP contribution in [0.25, 0.3) is 0 Å². The number of hydrogen-bond acceptors (Lipinski definition) is 2. The molecule has 2 aliphatic carbocycles. The van der Waals surface area contributed by atoms with E-state index in [4.69, 9.17) is 5.11 Å². The summed E-state index contributed by atoms with van der Waals surface area (Å²) in [6, 6.07) is 4.47. The maximum Gasteiger partial charge on any atom is 0.335 e. The number of carbonyl (C=O) groups excluding carboxylic acids is 1. The molecule has 5 nitrogen and oxygen atoms in total. The molecule has 5 heteroatoms. The topological polar surface area (TPSA) is 78.4 Å². The highest BCUT2D eigenvalue weighted by atomic mass is 16.4. The smallest absolute Gasteiger partial charge is 0.335 e. The molecule has 1 aromatic rings. The maximum atomic E-state index is 12.0. The summed E-state index contributed by atoms with van der Waals surface area (Å²) in [5.41, 5.74) is 1.92. The average Bonchev–Trinajstić information content (AvgIpc) is 3.31. The molecule has 2 fully saturated rings. The third-order valence-corrected chi connectivity index (χ3v) is 4.67. The molecule has 0 bridgehead atoms. The minimum atomic E-state index is -0.996. The summed E-state index contributed by atoms with van der Waals surface area (Å²) in [7, 11) is 0. The molecule has 2 saturated carbocycles. The van der Waals surface area contributed by atoms with Gasteiger partial charge in [0.05, 0.1) is 5.56 Å². The van der Waals surface area contributed by atoms with Gasteiger partial charge in [0.2, 0.25) is 0 Å². The van der Waals surface area contributed by atoms with E-state index in [1.54, 1.807) is 6.07 Å². The standard InChI is InChI=1S/C16H20N2O3/c1-10-2-3-11(14(19)20)8-13(10)18-15(21)17-9-16(6-7-16)12-4-5-12/h2-3,8,12H,4-7,9H2,1H3,(H,19,20)(H2,17,18,21). The van der Waals surface area contributed by atoms with Gasteiger partial charge in [0.1, 0.15) is 0 Å². The second-order valence-corrected chi connectivity index (χ2v) is 6.28. The largest absolute Gasteiger partial charge is 0.478 e. The third-order valence-electron chi connectivity index (χ3n) is 4.67. The first-order valence-corrected chi connectivity index (χ1v) is 7.39. The summed E-state index contributed by atoms with van der Waals surface area (Å²) in [5, 5.41) is 14.7. The molecule has 2 amide bonds. The number of urea groups is 1. The van der Waals surface area contributed by atoms with E-state index in [2.05, 4.69) is 10.6 Å². The van der Waals surface area contributed by atoms with Crippen molar-refractivity contribution in [2.45, 2.75) is 32.6 Å². The van der Waals surface area contributed by atoms with Crippen LogP contribution in [0.2, 0.25) is 0 Å². The van der Waals surface area contributed by atoms with Crippen LogP contribution in [-0.2, 0) is 0 Å². The lowest BCUT2D eigenvalue weighted by Gasteiger charge is -2.16. The predicted octanol–water partition coefficient (Wildman–Crippen LogP) is 3.00. The summed E-state index contributed by atoms with van der Waals surface area (Å²) in [6.45, 7) is 2.56. The average molecular weight is 288 g/mol. The zero-order valence-electron chi connectivity index (χ0n) is 12.1. The number of aromatic carboxylic acids is 1. The molecule has 21 heavy (non-hydrogen) atoms. The fourth-order valence-electron chi connectivity index (χ4n) is 2.90. The van der Waals surface area contributed by atoms with Crippen molar-refractivity contribution in [3.63, 3.8) is 0 Å². The van der Waals surface area contributed by atoms with Gasteiger partial charge in [-0.3, -0.25) is 0 Å². The van der Waals surface area contributed by atoms with Gasteiger partial charge in [0.25, 0.3) is 0 Å². The normalized spacial score (nSPS) is 18.9. The van der Waals surface area contributed by atoms with Gasteiger partial charge < -0.3 is 15.7 Å². The number of carboxylic acid groups (broad SMARTS) is 1. The Kier molecular flexibility index (Phi) is 3.35. The van der Waals surface area contributed by atoms with Gasteiger partial charge in [-0.25, -0.2) is 9.59 Å². The number of rotatable bonds is 5. The van der Waals surface area contributed by atoms with Crippen LogP contribution in [0.3, 0.4) is 0 Å². The van der Waals surface area contributed by atoms with Gasteiger partial charge >= 0.3 is 12.0 Å². The Bertz CT molecular complexity index is 589. The number of benzene rings is 1. The van der Waals surface area contributed by atoms with Crippen LogP contribution in [0.5, 0.6) is 0 Å². The van der Waals surface area contributed by atoms with Crippen molar-refractivity contribution in [3.05, 3.63) is 29.3 Å². The zero-order valence-corrected chi connectivity index (χ0v) is 12.1. The second-order valence-electron chi connectivity index (χ2n) is 6.28. The Morgan fingerprint density at radius 3 is 2.62 bits per heavy atom. The highest BCUT2D eigenvalue weighted by Crippen LogP contribution is 2.60. The highest BCUT2D eigenvalue weighted by molar-refractivity contribution is 5.94. The van der Waals surface area contributed by atoms with E-state index in [1.165, 1.54) is 37.8 Å². The minimum Gasteiger partial charge on any atom is -0.478 e. The summed E-state index contributed by atoms with van der Waals surface area (Å²) in [4.78, 5) is 23.0. The third kappa shape index (κ3) is 3.01. The van der Waals surface area contributed by atoms with Gasteiger partial charge in [-0.2, -0.15) is 0 Å².